The minimum atomic E-state index is -3.30. The van der Waals surface area contributed by atoms with E-state index in [1.54, 1.807) is 6.07 Å². The van der Waals surface area contributed by atoms with Crippen molar-refractivity contribution in [2.24, 2.45) is 11.7 Å². The molecule has 1 aromatic rings. The summed E-state index contributed by atoms with van der Waals surface area (Å²) in [5.41, 5.74) is 3.64. The topological polar surface area (TPSA) is 149 Å². The normalized spacial score (nSPS) is 23.3. The van der Waals surface area contributed by atoms with Crippen LogP contribution < -0.4 is 15.8 Å². The van der Waals surface area contributed by atoms with Gasteiger partial charge in [0.1, 0.15) is 5.69 Å². The predicted molar refractivity (Wildman–Crippen MR) is 103 cm³/mol. The number of aromatic nitrogens is 1. The summed E-state index contributed by atoms with van der Waals surface area (Å²) in [6.45, 7) is 0.477. The van der Waals surface area contributed by atoms with Crippen molar-refractivity contribution in [1.29, 1.82) is 0 Å². The second-order valence-electron chi connectivity index (χ2n) is 8.60. The van der Waals surface area contributed by atoms with E-state index in [2.05, 4.69) is 10.3 Å². The maximum atomic E-state index is 12.8. The molecule has 158 valence electrons. The minimum absolute atomic E-state index is 0.0376. The highest BCUT2D eigenvalue weighted by Crippen LogP contribution is 2.44. The van der Waals surface area contributed by atoms with Gasteiger partial charge in [0, 0.05) is 5.56 Å². The van der Waals surface area contributed by atoms with Crippen molar-refractivity contribution in [1.82, 2.24) is 10.3 Å². The van der Waals surface area contributed by atoms with E-state index >= 15 is 0 Å². The number of hydrogen-bond donors (Lipinski definition) is 3. The fourth-order valence-electron chi connectivity index (χ4n) is 3.95. The Hall–Kier alpha value is -2.20. The summed E-state index contributed by atoms with van der Waals surface area (Å²) in [6.07, 6.45) is 4.04. The van der Waals surface area contributed by atoms with Crippen LogP contribution in [0.25, 0.3) is 0 Å². The van der Waals surface area contributed by atoms with Crippen LogP contribution in [0.4, 0.5) is 0 Å². The molecular formula is C19H25N3O6S. The summed E-state index contributed by atoms with van der Waals surface area (Å²) in [5, 5.41) is 13.3. The SMILES string of the molecule is NC(=O)CC1(NC(=O)c2ccc(C3(O)CCC3)c(OCC3CC3)n2)CS(=O)(=O)C1. The summed E-state index contributed by atoms with van der Waals surface area (Å²) in [7, 11) is -3.30. The monoisotopic (exact) mass is 423 g/mol. The summed E-state index contributed by atoms with van der Waals surface area (Å²) in [5.74, 6) is -1.27. The number of carbonyl (C=O) groups excluding carboxylic acids is 2. The van der Waals surface area contributed by atoms with Gasteiger partial charge in [-0.05, 0) is 50.2 Å². The third kappa shape index (κ3) is 4.23. The zero-order valence-corrected chi connectivity index (χ0v) is 16.8. The maximum Gasteiger partial charge on any atom is 0.270 e. The number of nitrogens with two attached hydrogens (primary N) is 1. The molecule has 0 unspecified atom stereocenters. The van der Waals surface area contributed by atoms with Crippen LogP contribution in [0.5, 0.6) is 5.88 Å². The summed E-state index contributed by atoms with van der Waals surface area (Å²) >= 11 is 0. The summed E-state index contributed by atoms with van der Waals surface area (Å²) < 4.78 is 29.1. The summed E-state index contributed by atoms with van der Waals surface area (Å²) in [4.78, 5) is 28.4. The molecule has 0 radical (unpaired) electrons. The quantitative estimate of drug-likeness (QED) is 0.533. The highest BCUT2D eigenvalue weighted by Gasteiger charge is 2.50. The zero-order valence-electron chi connectivity index (χ0n) is 16.0. The number of sulfone groups is 1. The molecule has 29 heavy (non-hydrogen) atoms. The lowest BCUT2D eigenvalue weighted by molar-refractivity contribution is -0.119. The second-order valence-corrected chi connectivity index (χ2v) is 10.7. The van der Waals surface area contributed by atoms with Crippen molar-refractivity contribution in [3.63, 3.8) is 0 Å². The second kappa shape index (κ2) is 6.94. The first-order chi connectivity index (χ1) is 13.6. The largest absolute Gasteiger partial charge is 0.477 e. The van der Waals surface area contributed by atoms with Gasteiger partial charge in [0.25, 0.3) is 5.91 Å². The van der Waals surface area contributed by atoms with Crippen molar-refractivity contribution in [2.45, 2.75) is 49.7 Å². The molecule has 4 rings (SSSR count). The van der Waals surface area contributed by atoms with E-state index in [1.165, 1.54) is 6.07 Å². The van der Waals surface area contributed by atoms with Crippen LogP contribution >= 0.6 is 0 Å². The molecule has 10 heteroatoms. The Labute approximate surface area is 168 Å². The van der Waals surface area contributed by atoms with E-state index in [9.17, 15) is 23.1 Å². The molecule has 3 aliphatic rings. The molecule has 2 heterocycles. The molecule has 0 bridgehead atoms. The predicted octanol–water partition coefficient (Wildman–Crippen LogP) is 0.0143. The molecule has 0 atom stereocenters. The van der Waals surface area contributed by atoms with Crippen LogP contribution in [0, 0.1) is 5.92 Å². The molecule has 0 spiro atoms. The van der Waals surface area contributed by atoms with Gasteiger partial charge in [-0.3, -0.25) is 9.59 Å². The van der Waals surface area contributed by atoms with Crippen molar-refractivity contribution in [3.8, 4) is 5.88 Å². The molecule has 4 N–H and O–H groups in total. The first-order valence-electron chi connectivity index (χ1n) is 9.78. The van der Waals surface area contributed by atoms with Crippen LogP contribution in [-0.4, -0.2) is 54.0 Å². The van der Waals surface area contributed by atoms with Gasteiger partial charge >= 0.3 is 0 Å². The maximum absolute atomic E-state index is 12.8. The van der Waals surface area contributed by atoms with E-state index in [0.717, 1.165) is 19.3 Å². The standard InChI is InChI=1S/C19H25N3O6S/c20-15(23)8-18(10-29(26,27)11-18)22-16(24)14-5-4-13(19(25)6-1-7-19)17(21-14)28-9-12-2-3-12/h4-5,12,25H,1-3,6-11H2,(H2,20,23)(H,22,24). The van der Waals surface area contributed by atoms with Gasteiger partial charge in [-0.2, -0.15) is 0 Å². The van der Waals surface area contributed by atoms with E-state index < -0.39 is 32.8 Å². The number of aliphatic hydroxyl groups is 1. The number of amides is 2. The van der Waals surface area contributed by atoms with Crippen LogP contribution in [0.1, 0.15) is 54.6 Å². The van der Waals surface area contributed by atoms with E-state index in [4.69, 9.17) is 10.5 Å². The molecule has 9 nitrogen and oxygen atoms in total. The van der Waals surface area contributed by atoms with Gasteiger partial charge in [0.2, 0.25) is 11.8 Å². The first kappa shape index (κ1) is 20.1. The van der Waals surface area contributed by atoms with Crippen molar-refractivity contribution in [2.75, 3.05) is 18.1 Å². The van der Waals surface area contributed by atoms with Gasteiger partial charge in [0.05, 0.1) is 35.7 Å². The highest BCUT2D eigenvalue weighted by atomic mass is 32.2. The number of primary amides is 1. The molecule has 2 aliphatic carbocycles. The van der Waals surface area contributed by atoms with Crippen LogP contribution in [0.2, 0.25) is 0 Å². The summed E-state index contributed by atoms with van der Waals surface area (Å²) in [6, 6.07) is 3.12. The fraction of sp³-hybridized carbons (Fsp3) is 0.632. The van der Waals surface area contributed by atoms with Gasteiger partial charge in [-0.1, -0.05) is 0 Å². The average Bonchev–Trinajstić information content (AvgIpc) is 3.39. The van der Waals surface area contributed by atoms with E-state index in [-0.39, 0.29) is 29.5 Å². The number of hydrogen-bond acceptors (Lipinski definition) is 7. The Morgan fingerprint density at radius 1 is 1.28 bits per heavy atom. The molecule has 2 saturated carbocycles. The van der Waals surface area contributed by atoms with Gasteiger partial charge in [0.15, 0.2) is 9.84 Å². The third-order valence-corrected chi connectivity index (χ3v) is 7.80. The number of nitrogens with zero attached hydrogens (tertiary/aromatic N) is 1. The van der Waals surface area contributed by atoms with Gasteiger partial charge in [-0.25, -0.2) is 13.4 Å². The Morgan fingerprint density at radius 2 is 1.97 bits per heavy atom. The number of ether oxygens (including phenoxy) is 1. The molecule has 0 aromatic carbocycles. The Morgan fingerprint density at radius 3 is 2.48 bits per heavy atom. The lowest BCUT2D eigenvalue weighted by Gasteiger charge is -2.40. The highest BCUT2D eigenvalue weighted by molar-refractivity contribution is 7.93. The van der Waals surface area contributed by atoms with Crippen LogP contribution in [-0.2, 0) is 20.2 Å². The molecule has 1 aromatic heterocycles. The molecule has 2 amide bonds. The Balaban J connectivity index is 1.55. The van der Waals surface area contributed by atoms with Crippen molar-refractivity contribution in [3.05, 3.63) is 23.4 Å². The van der Waals surface area contributed by atoms with Crippen molar-refractivity contribution < 1.29 is 27.9 Å². The molecule has 1 aliphatic heterocycles. The molecule has 3 fully saturated rings. The lowest BCUT2D eigenvalue weighted by atomic mass is 9.75. The number of pyridine rings is 1. The smallest absolute Gasteiger partial charge is 0.270 e. The average molecular weight is 423 g/mol. The lowest BCUT2D eigenvalue weighted by Crippen LogP contribution is -2.66. The van der Waals surface area contributed by atoms with Gasteiger partial charge in [-0.15, -0.1) is 0 Å². The Kier molecular flexibility index (Phi) is 4.81. The third-order valence-electron chi connectivity index (χ3n) is 5.81. The zero-order chi connectivity index (χ0) is 20.9. The fourth-order valence-corrected chi connectivity index (χ4v) is 5.90. The van der Waals surface area contributed by atoms with Crippen molar-refractivity contribution >= 4 is 21.7 Å². The number of nitrogens with one attached hydrogen (secondary N) is 1. The first-order valence-corrected chi connectivity index (χ1v) is 11.6. The number of rotatable bonds is 8. The molecule has 1 saturated heterocycles. The van der Waals surface area contributed by atoms with E-state index in [1.807, 2.05) is 0 Å². The van der Waals surface area contributed by atoms with E-state index in [0.29, 0.717) is 30.9 Å². The Bertz CT molecular complexity index is 941. The minimum Gasteiger partial charge on any atom is -0.477 e. The van der Waals surface area contributed by atoms with Crippen LogP contribution in [0.15, 0.2) is 12.1 Å². The number of carbonyl (C=O) groups is 2. The van der Waals surface area contributed by atoms with Gasteiger partial charge < -0.3 is 20.9 Å². The van der Waals surface area contributed by atoms with Crippen LogP contribution in [0.3, 0.4) is 0 Å². The molecular weight excluding hydrogens is 398 g/mol.